The van der Waals surface area contributed by atoms with E-state index in [1.54, 1.807) is 0 Å². The van der Waals surface area contributed by atoms with Crippen molar-refractivity contribution in [2.45, 2.75) is 63.9 Å². The summed E-state index contributed by atoms with van der Waals surface area (Å²) >= 11 is 0. The topological polar surface area (TPSA) is 20.2 Å². The van der Waals surface area contributed by atoms with Gasteiger partial charge in [-0.2, -0.15) is 26.3 Å². The van der Waals surface area contributed by atoms with E-state index in [0.29, 0.717) is 25.2 Å². The number of hydrogen-bond acceptors (Lipinski definition) is 1. The molecule has 0 aromatic rings. The van der Waals surface area contributed by atoms with Crippen molar-refractivity contribution < 1.29 is 31.4 Å². The lowest BCUT2D eigenvalue weighted by molar-refractivity contribution is -0.373. The Morgan fingerprint density at radius 1 is 1.00 bits per heavy atom. The Kier molecular flexibility index (Phi) is 5.04. The third-order valence-corrected chi connectivity index (χ3v) is 4.52. The zero-order valence-corrected chi connectivity index (χ0v) is 11.5. The summed E-state index contributed by atoms with van der Waals surface area (Å²) in [4.78, 5) is 0. The van der Waals surface area contributed by atoms with Crippen LogP contribution in [-0.4, -0.2) is 23.1 Å². The second-order valence-electron chi connectivity index (χ2n) is 5.88. The number of halogens is 6. The smallest absolute Gasteiger partial charge is 0.374 e. The summed E-state index contributed by atoms with van der Waals surface area (Å²) in [5.74, 6) is -0.315. The Labute approximate surface area is 114 Å². The zero-order chi connectivity index (χ0) is 15.8. The largest absolute Gasteiger partial charge is 0.426 e. The molecule has 1 aliphatic carbocycles. The van der Waals surface area contributed by atoms with Crippen LogP contribution in [0.2, 0.25) is 0 Å². The van der Waals surface area contributed by atoms with Crippen LogP contribution in [0.4, 0.5) is 26.3 Å². The normalized spacial score (nSPS) is 29.6. The van der Waals surface area contributed by atoms with E-state index in [2.05, 4.69) is 0 Å². The Hall–Kier alpha value is -0.460. The molecule has 0 aliphatic heterocycles. The highest BCUT2D eigenvalue weighted by Gasteiger charge is 2.70. The quantitative estimate of drug-likeness (QED) is 0.750. The van der Waals surface area contributed by atoms with E-state index in [9.17, 15) is 31.4 Å². The van der Waals surface area contributed by atoms with Gasteiger partial charge in [0.1, 0.15) is 0 Å². The highest BCUT2D eigenvalue weighted by atomic mass is 19.4. The van der Waals surface area contributed by atoms with Gasteiger partial charge < -0.3 is 5.11 Å². The van der Waals surface area contributed by atoms with E-state index in [1.165, 1.54) is 0 Å². The molecule has 0 heterocycles. The van der Waals surface area contributed by atoms with Crippen molar-refractivity contribution in [1.82, 2.24) is 0 Å². The van der Waals surface area contributed by atoms with Crippen molar-refractivity contribution in [3.05, 3.63) is 0 Å². The summed E-state index contributed by atoms with van der Waals surface area (Å²) in [5.41, 5.74) is -4.59. The van der Waals surface area contributed by atoms with Crippen LogP contribution in [0.5, 0.6) is 0 Å². The molecule has 3 unspecified atom stereocenters. The summed E-state index contributed by atoms with van der Waals surface area (Å²) in [6.45, 7) is 3.84. The highest BCUT2D eigenvalue weighted by molar-refractivity contribution is 4.96. The maximum Gasteiger partial charge on any atom is 0.426 e. The minimum Gasteiger partial charge on any atom is -0.374 e. The van der Waals surface area contributed by atoms with Crippen LogP contribution < -0.4 is 0 Å². The van der Waals surface area contributed by atoms with E-state index in [1.807, 2.05) is 13.8 Å². The van der Waals surface area contributed by atoms with Crippen molar-refractivity contribution in [3.63, 3.8) is 0 Å². The number of aliphatic hydroxyl groups is 1. The molecular formula is C13H20F6O. The van der Waals surface area contributed by atoms with E-state index < -0.39 is 30.3 Å². The summed E-state index contributed by atoms with van der Waals surface area (Å²) < 4.78 is 75.8. The molecule has 0 amide bonds. The monoisotopic (exact) mass is 306 g/mol. The SMILES string of the molecule is CCC1CC(CC(O)(C(F)(F)F)C(F)(F)F)CCC1C. The van der Waals surface area contributed by atoms with Crippen molar-refractivity contribution in [2.24, 2.45) is 17.8 Å². The lowest BCUT2D eigenvalue weighted by Gasteiger charge is -2.39. The minimum absolute atomic E-state index is 0.125. The molecule has 120 valence electrons. The standard InChI is InChI=1S/C13H20F6O/c1-3-10-6-9(5-4-8(10)2)7-11(20,12(14,15)16)13(17,18)19/h8-10,20H,3-7H2,1-2H3. The molecule has 0 saturated heterocycles. The summed E-state index contributed by atoms with van der Waals surface area (Å²) in [5, 5.41) is 9.21. The van der Waals surface area contributed by atoms with Gasteiger partial charge in [0.2, 0.25) is 0 Å². The third-order valence-electron chi connectivity index (χ3n) is 4.52. The number of hydrogen-bond donors (Lipinski definition) is 1. The van der Waals surface area contributed by atoms with Crippen LogP contribution in [0, 0.1) is 17.8 Å². The highest BCUT2D eigenvalue weighted by Crippen LogP contribution is 2.49. The lowest BCUT2D eigenvalue weighted by Crippen LogP contribution is -2.58. The molecule has 7 heteroatoms. The molecule has 3 atom stereocenters. The molecule has 1 nitrogen and oxygen atoms in total. The van der Waals surface area contributed by atoms with Gasteiger partial charge in [0, 0.05) is 0 Å². The average molecular weight is 306 g/mol. The first-order valence-electron chi connectivity index (χ1n) is 6.78. The lowest BCUT2D eigenvalue weighted by atomic mass is 9.70. The van der Waals surface area contributed by atoms with Gasteiger partial charge in [-0.25, -0.2) is 0 Å². The van der Waals surface area contributed by atoms with Gasteiger partial charge in [0.25, 0.3) is 5.60 Å². The van der Waals surface area contributed by atoms with Crippen LogP contribution in [-0.2, 0) is 0 Å². The zero-order valence-electron chi connectivity index (χ0n) is 11.5. The molecule has 1 fully saturated rings. The van der Waals surface area contributed by atoms with Crippen molar-refractivity contribution in [3.8, 4) is 0 Å². The Balaban J connectivity index is 2.87. The van der Waals surface area contributed by atoms with Crippen LogP contribution in [0.1, 0.15) is 46.0 Å². The van der Waals surface area contributed by atoms with Crippen LogP contribution in [0.15, 0.2) is 0 Å². The van der Waals surface area contributed by atoms with Crippen molar-refractivity contribution in [1.29, 1.82) is 0 Å². The van der Waals surface area contributed by atoms with E-state index in [-0.39, 0.29) is 5.92 Å². The third kappa shape index (κ3) is 3.40. The molecule has 0 radical (unpaired) electrons. The van der Waals surface area contributed by atoms with Gasteiger partial charge in [-0.3, -0.25) is 0 Å². The molecule has 1 N–H and O–H groups in total. The molecule has 1 rings (SSSR count). The van der Waals surface area contributed by atoms with Gasteiger partial charge in [0.05, 0.1) is 0 Å². The first-order valence-corrected chi connectivity index (χ1v) is 6.78. The first kappa shape index (κ1) is 17.6. The van der Waals surface area contributed by atoms with Crippen LogP contribution in [0.25, 0.3) is 0 Å². The maximum atomic E-state index is 12.6. The molecule has 20 heavy (non-hydrogen) atoms. The maximum absolute atomic E-state index is 12.6. The fourth-order valence-corrected chi connectivity index (χ4v) is 3.08. The number of alkyl halides is 6. The van der Waals surface area contributed by atoms with Crippen molar-refractivity contribution >= 4 is 0 Å². The van der Waals surface area contributed by atoms with Gasteiger partial charge in [-0.05, 0) is 30.6 Å². The number of rotatable bonds is 3. The average Bonchev–Trinajstić information content (AvgIpc) is 2.28. The second kappa shape index (κ2) is 5.73. The van der Waals surface area contributed by atoms with Gasteiger partial charge in [-0.15, -0.1) is 0 Å². The Morgan fingerprint density at radius 3 is 1.90 bits per heavy atom. The van der Waals surface area contributed by atoms with E-state index >= 15 is 0 Å². The van der Waals surface area contributed by atoms with Gasteiger partial charge >= 0.3 is 12.4 Å². The van der Waals surface area contributed by atoms with Crippen LogP contribution >= 0.6 is 0 Å². The van der Waals surface area contributed by atoms with Crippen LogP contribution in [0.3, 0.4) is 0 Å². The summed E-state index contributed by atoms with van der Waals surface area (Å²) in [6, 6.07) is 0. The fraction of sp³-hybridized carbons (Fsp3) is 1.00. The molecule has 1 saturated carbocycles. The minimum atomic E-state index is -5.70. The molecule has 0 aromatic carbocycles. The Morgan fingerprint density at radius 2 is 1.50 bits per heavy atom. The fourth-order valence-electron chi connectivity index (χ4n) is 3.08. The summed E-state index contributed by atoms with van der Waals surface area (Å²) in [7, 11) is 0. The van der Waals surface area contributed by atoms with Gasteiger partial charge in [-0.1, -0.05) is 33.1 Å². The molecule has 1 aliphatic rings. The molecule has 0 bridgehead atoms. The first-order chi connectivity index (χ1) is 8.92. The second-order valence-corrected chi connectivity index (χ2v) is 5.88. The molecule has 0 aromatic heterocycles. The van der Waals surface area contributed by atoms with E-state index in [4.69, 9.17) is 0 Å². The molecule has 0 spiro atoms. The predicted octanol–water partition coefficient (Wildman–Crippen LogP) is 4.69. The molecular weight excluding hydrogens is 286 g/mol. The van der Waals surface area contributed by atoms with E-state index in [0.717, 1.165) is 6.42 Å². The predicted molar refractivity (Wildman–Crippen MR) is 62.0 cm³/mol. The van der Waals surface area contributed by atoms with Crippen molar-refractivity contribution in [2.75, 3.05) is 0 Å². The summed E-state index contributed by atoms with van der Waals surface area (Å²) in [6.07, 6.45) is -10.7. The Bertz CT molecular complexity index is 308. The van der Waals surface area contributed by atoms with Gasteiger partial charge in [0.15, 0.2) is 0 Å².